The quantitative estimate of drug-likeness (QED) is 0.635. The lowest BCUT2D eigenvalue weighted by Gasteiger charge is -2.06. The van der Waals surface area contributed by atoms with Crippen LogP contribution in [0, 0.1) is 19.7 Å². The van der Waals surface area contributed by atoms with E-state index >= 15 is 0 Å². The summed E-state index contributed by atoms with van der Waals surface area (Å²) in [6.45, 7) is 4.10. The third-order valence-electron chi connectivity index (χ3n) is 3.44. The number of fused-ring (bicyclic) bond motifs is 1. The average molecular weight is 289 g/mol. The summed E-state index contributed by atoms with van der Waals surface area (Å²) in [6.07, 6.45) is 1.42. The first kappa shape index (κ1) is 13.1. The number of hydrogen-bond acceptors (Lipinski definition) is 1. The molecule has 0 radical (unpaired) electrons. The number of nitrogens with zero attached hydrogens (tertiary/aromatic N) is 2. The number of pyridine rings is 1. The summed E-state index contributed by atoms with van der Waals surface area (Å²) in [5.74, 6) is -0.0127. The van der Waals surface area contributed by atoms with Gasteiger partial charge in [0, 0.05) is 11.8 Å². The highest BCUT2D eigenvalue weighted by Gasteiger charge is 2.15. The molecule has 102 valence electrons. The highest BCUT2D eigenvalue weighted by molar-refractivity contribution is 6.17. The van der Waals surface area contributed by atoms with Gasteiger partial charge in [-0.2, -0.15) is 0 Å². The van der Waals surface area contributed by atoms with E-state index in [0.29, 0.717) is 5.65 Å². The molecule has 0 saturated carbocycles. The molecule has 0 aliphatic rings. The number of rotatable bonds is 2. The number of aromatic nitrogens is 2. The molecule has 2 aromatic heterocycles. The largest absolute Gasteiger partial charge is 0.299 e. The van der Waals surface area contributed by atoms with E-state index in [1.165, 1.54) is 17.8 Å². The van der Waals surface area contributed by atoms with E-state index in [-0.39, 0.29) is 11.7 Å². The standard InChI is InChI=1S/C16H14ClFN2/c1-10-3-5-13(11(2)7-10)16-14(8-17)20-9-12(18)4-6-15(20)19-16/h3-7,9H,8H2,1-2H3. The van der Waals surface area contributed by atoms with E-state index in [2.05, 4.69) is 18.0 Å². The smallest absolute Gasteiger partial charge is 0.139 e. The van der Waals surface area contributed by atoms with E-state index in [1.807, 2.05) is 19.1 Å². The molecule has 0 saturated heterocycles. The molecular weight excluding hydrogens is 275 g/mol. The van der Waals surface area contributed by atoms with Gasteiger partial charge in [-0.05, 0) is 31.5 Å². The third-order valence-corrected chi connectivity index (χ3v) is 3.70. The molecule has 0 aliphatic carbocycles. The number of alkyl halides is 1. The Morgan fingerprint density at radius 1 is 1.20 bits per heavy atom. The summed E-state index contributed by atoms with van der Waals surface area (Å²) >= 11 is 6.05. The maximum atomic E-state index is 13.4. The van der Waals surface area contributed by atoms with Crippen LogP contribution < -0.4 is 0 Å². The van der Waals surface area contributed by atoms with Gasteiger partial charge in [0.05, 0.1) is 17.3 Å². The van der Waals surface area contributed by atoms with Crippen molar-refractivity contribution in [1.29, 1.82) is 0 Å². The van der Waals surface area contributed by atoms with Crippen molar-refractivity contribution >= 4 is 17.2 Å². The highest BCUT2D eigenvalue weighted by Crippen LogP contribution is 2.29. The van der Waals surface area contributed by atoms with Crippen LogP contribution >= 0.6 is 11.6 Å². The van der Waals surface area contributed by atoms with Crippen molar-refractivity contribution in [1.82, 2.24) is 9.38 Å². The molecule has 0 unspecified atom stereocenters. The van der Waals surface area contributed by atoms with Crippen LogP contribution in [0.25, 0.3) is 16.9 Å². The maximum absolute atomic E-state index is 13.4. The van der Waals surface area contributed by atoms with Gasteiger partial charge in [-0.25, -0.2) is 9.37 Å². The molecule has 1 aromatic carbocycles. The van der Waals surface area contributed by atoms with Gasteiger partial charge in [-0.3, -0.25) is 4.40 Å². The normalized spacial score (nSPS) is 11.2. The second-order valence-electron chi connectivity index (χ2n) is 4.93. The summed E-state index contributed by atoms with van der Waals surface area (Å²) in [6, 6.07) is 9.27. The zero-order valence-electron chi connectivity index (χ0n) is 11.3. The maximum Gasteiger partial charge on any atom is 0.139 e. The zero-order chi connectivity index (χ0) is 14.3. The summed E-state index contributed by atoms with van der Waals surface area (Å²) < 4.78 is 15.1. The molecule has 3 rings (SSSR count). The monoisotopic (exact) mass is 288 g/mol. The molecule has 0 aliphatic heterocycles. The van der Waals surface area contributed by atoms with Gasteiger partial charge in [0.25, 0.3) is 0 Å². The zero-order valence-corrected chi connectivity index (χ0v) is 12.1. The fraction of sp³-hybridized carbons (Fsp3) is 0.188. The van der Waals surface area contributed by atoms with Gasteiger partial charge in [0.1, 0.15) is 11.5 Å². The van der Waals surface area contributed by atoms with E-state index in [9.17, 15) is 4.39 Å². The average Bonchev–Trinajstić information content (AvgIpc) is 2.76. The highest BCUT2D eigenvalue weighted by atomic mass is 35.5. The van der Waals surface area contributed by atoms with Crippen molar-refractivity contribution in [3.8, 4) is 11.3 Å². The molecule has 0 bridgehead atoms. The fourth-order valence-corrected chi connectivity index (χ4v) is 2.75. The minimum absolute atomic E-state index is 0.285. The Bertz CT molecular complexity index is 793. The first-order valence-corrected chi connectivity index (χ1v) is 6.93. The Balaban J connectivity index is 2.30. The molecular formula is C16H14ClFN2. The predicted octanol–water partition coefficient (Wildman–Crippen LogP) is 4.50. The van der Waals surface area contributed by atoms with Gasteiger partial charge in [0.2, 0.25) is 0 Å². The number of imidazole rings is 1. The van der Waals surface area contributed by atoms with Gasteiger partial charge >= 0.3 is 0 Å². The Morgan fingerprint density at radius 3 is 2.70 bits per heavy atom. The summed E-state index contributed by atoms with van der Waals surface area (Å²) in [7, 11) is 0. The Kier molecular flexibility index (Phi) is 3.22. The van der Waals surface area contributed by atoms with Crippen molar-refractivity contribution in [2.45, 2.75) is 19.7 Å². The summed E-state index contributed by atoms with van der Waals surface area (Å²) in [5.41, 5.74) is 5.72. The SMILES string of the molecule is Cc1ccc(-c2nc3ccc(F)cn3c2CCl)c(C)c1. The fourth-order valence-electron chi connectivity index (χ4n) is 2.49. The Labute approximate surface area is 121 Å². The first-order chi connectivity index (χ1) is 9.60. The van der Waals surface area contributed by atoms with Crippen molar-refractivity contribution < 1.29 is 4.39 Å². The van der Waals surface area contributed by atoms with Crippen LogP contribution in [-0.4, -0.2) is 9.38 Å². The molecule has 0 atom stereocenters. The van der Waals surface area contributed by atoms with Crippen LogP contribution in [0.1, 0.15) is 16.8 Å². The van der Waals surface area contributed by atoms with Gasteiger partial charge in [0.15, 0.2) is 0 Å². The second kappa shape index (κ2) is 4.91. The number of halogens is 2. The minimum Gasteiger partial charge on any atom is -0.299 e. The minimum atomic E-state index is -0.298. The number of hydrogen-bond donors (Lipinski definition) is 0. The summed E-state index contributed by atoms with van der Waals surface area (Å²) in [5, 5.41) is 0. The van der Waals surface area contributed by atoms with Gasteiger partial charge in [-0.1, -0.05) is 23.8 Å². The molecule has 20 heavy (non-hydrogen) atoms. The molecule has 4 heteroatoms. The lowest BCUT2D eigenvalue weighted by Crippen LogP contribution is -1.93. The van der Waals surface area contributed by atoms with Crippen molar-refractivity contribution in [3.63, 3.8) is 0 Å². The number of benzene rings is 1. The van der Waals surface area contributed by atoms with Crippen LogP contribution in [0.3, 0.4) is 0 Å². The topological polar surface area (TPSA) is 17.3 Å². The molecule has 0 fully saturated rings. The second-order valence-corrected chi connectivity index (χ2v) is 5.20. The van der Waals surface area contributed by atoms with Crippen LogP contribution in [0.15, 0.2) is 36.5 Å². The first-order valence-electron chi connectivity index (χ1n) is 6.40. The van der Waals surface area contributed by atoms with E-state index in [4.69, 9.17) is 11.6 Å². The molecule has 3 aromatic rings. The van der Waals surface area contributed by atoms with Crippen LogP contribution in [0.5, 0.6) is 0 Å². The van der Waals surface area contributed by atoms with Crippen molar-refractivity contribution in [3.05, 3.63) is 59.2 Å². The molecule has 2 nitrogen and oxygen atoms in total. The third kappa shape index (κ3) is 2.08. The van der Waals surface area contributed by atoms with E-state index < -0.39 is 0 Å². The predicted molar refractivity (Wildman–Crippen MR) is 79.6 cm³/mol. The molecule has 0 amide bonds. The molecule has 2 heterocycles. The Morgan fingerprint density at radius 2 is 2.00 bits per heavy atom. The van der Waals surface area contributed by atoms with Crippen LogP contribution in [-0.2, 0) is 5.88 Å². The number of aryl methyl sites for hydroxylation is 2. The lowest BCUT2D eigenvalue weighted by atomic mass is 10.0. The van der Waals surface area contributed by atoms with Crippen LogP contribution in [0.4, 0.5) is 4.39 Å². The van der Waals surface area contributed by atoms with E-state index in [1.54, 1.807) is 10.5 Å². The molecule has 0 N–H and O–H groups in total. The summed E-state index contributed by atoms with van der Waals surface area (Å²) in [4.78, 5) is 4.60. The van der Waals surface area contributed by atoms with Gasteiger partial charge in [-0.15, -0.1) is 11.6 Å². The molecule has 0 spiro atoms. The Hall–Kier alpha value is -1.87. The van der Waals surface area contributed by atoms with Crippen molar-refractivity contribution in [2.24, 2.45) is 0 Å². The van der Waals surface area contributed by atoms with Crippen LogP contribution in [0.2, 0.25) is 0 Å². The van der Waals surface area contributed by atoms with Crippen molar-refractivity contribution in [2.75, 3.05) is 0 Å². The van der Waals surface area contributed by atoms with Gasteiger partial charge < -0.3 is 0 Å². The lowest BCUT2D eigenvalue weighted by molar-refractivity contribution is 0.618. The van der Waals surface area contributed by atoms with E-state index in [0.717, 1.165) is 22.5 Å².